The summed E-state index contributed by atoms with van der Waals surface area (Å²) < 4.78 is 11.1. The molecule has 1 N–H and O–H groups in total. The van der Waals surface area contributed by atoms with Crippen molar-refractivity contribution in [3.05, 3.63) is 58.6 Å². The average Bonchev–Trinajstić information content (AvgIpc) is 2.52. The van der Waals surface area contributed by atoms with Crippen LogP contribution in [0.4, 0.5) is 0 Å². The van der Waals surface area contributed by atoms with Crippen molar-refractivity contribution < 1.29 is 9.47 Å². The van der Waals surface area contributed by atoms with Crippen molar-refractivity contribution in [2.45, 2.75) is 20.1 Å². The number of benzene rings is 2. The van der Waals surface area contributed by atoms with E-state index in [1.165, 1.54) is 0 Å². The zero-order chi connectivity index (χ0) is 15.1. The first-order valence-corrected chi connectivity index (χ1v) is 7.36. The summed E-state index contributed by atoms with van der Waals surface area (Å²) in [7, 11) is 1.66. The molecule has 0 saturated carbocycles. The zero-order valence-electron chi connectivity index (χ0n) is 12.4. The molecule has 3 nitrogen and oxygen atoms in total. The molecule has 0 radical (unpaired) electrons. The number of nitrogens with one attached hydrogen (secondary N) is 1. The predicted octanol–water partition coefficient (Wildman–Crippen LogP) is 4.04. The monoisotopic (exact) mass is 305 g/mol. The van der Waals surface area contributed by atoms with Crippen molar-refractivity contribution in [1.82, 2.24) is 5.32 Å². The van der Waals surface area contributed by atoms with Gasteiger partial charge in [0.05, 0.1) is 12.1 Å². The van der Waals surface area contributed by atoms with Crippen LogP contribution in [0.15, 0.2) is 42.5 Å². The Morgan fingerprint density at radius 2 is 1.86 bits per heavy atom. The largest absolute Gasteiger partial charge is 0.497 e. The molecule has 0 saturated heterocycles. The molecule has 0 spiro atoms. The molecule has 2 aromatic carbocycles. The Kier molecular flexibility index (Phi) is 5.90. The highest BCUT2D eigenvalue weighted by molar-refractivity contribution is 6.32. The molecule has 0 aromatic heterocycles. The Labute approximate surface area is 130 Å². The van der Waals surface area contributed by atoms with Crippen molar-refractivity contribution in [3.8, 4) is 11.5 Å². The van der Waals surface area contributed by atoms with Crippen molar-refractivity contribution in [3.63, 3.8) is 0 Å². The minimum absolute atomic E-state index is 0.479. The molecule has 0 aliphatic rings. The molecule has 112 valence electrons. The molecule has 21 heavy (non-hydrogen) atoms. The normalized spacial score (nSPS) is 10.4. The average molecular weight is 306 g/mol. The van der Waals surface area contributed by atoms with E-state index in [4.69, 9.17) is 21.1 Å². The first kappa shape index (κ1) is 15.7. The van der Waals surface area contributed by atoms with Gasteiger partial charge in [-0.1, -0.05) is 42.8 Å². The smallest absolute Gasteiger partial charge is 0.142 e. The van der Waals surface area contributed by atoms with Crippen LogP contribution in [0.25, 0.3) is 0 Å². The topological polar surface area (TPSA) is 30.5 Å². The number of ether oxygens (including phenoxy) is 2. The Hall–Kier alpha value is -1.71. The number of rotatable bonds is 7. The molecule has 0 bridgehead atoms. The predicted molar refractivity (Wildman–Crippen MR) is 86.2 cm³/mol. The van der Waals surface area contributed by atoms with Crippen LogP contribution in [0.3, 0.4) is 0 Å². The van der Waals surface area contributed by atoms with Gasteiger partial charge in [0.25, 0.3) is 0 Å². The maximum absolute atomic E-state index is 6.25. The van der Waals surface area contributed by atoms with Gasteiger partial charge in [-0.25, -0.2) is 0 Å². The zero-order valence-corrected chi connectivity index (χ0v) is 13.1. The van der Waals surface area contributed by atoms with Gasteiger partial charge >= 0.3 is 0 Å². The van der Waals surface area contributed by atoms with Gasteiger partial charge in [-0.15, -0.1) is 0 Å². The highest BCUT2D eigenvalue weighted by Gasteiger charge is 2.08. The minimum atomic E-state index is 0.479. The van der Waals surface area contributed by atoms with E-state index in [1.807, 2.05) is 42.5 Å². The summed E-state index contributed by atoms with van der Waals surface area (Å²) in [4.78, 5) is 0. The van der Waals surface area contributed by atoms with E-state index in [9.17, 15) is 0 Å². The molecule has 2 rings (SSSR count). The van der Waals surface area contributed by atoms with Crippen molar-refractivity contribution in [2.24, 2.45) is 0 Å². The van der Waals surface area contributed by atoms with Crippen LogP contribution in [0.2, 0.25) is 5.02 Å². The molecule has 0 unspecified atom stereocenters. The van der Waals surface area contributed by atoms with Gasteiger partial charge in [-0.3, -0.25) is 0 Å². The van der Waals surface area contributed by atoms with Crippen LogP contribution in [0, 0.1) is 0 Å². The fraction of sp³-hybridized carbons (Fsp3) is 0.294. The molecule has 2 aromatic rings. The number of hydrogen-bond donors (Lipinski definition) is 1. The number of para-hydroxylation sites is 1. The third-order valence-electron chi connectivity index (χ3n) is 3.16. The Morgan fingerprint density at radius 1 is 1.10 bits per heavy atom. The van der Waals surface area contributed by atoms with Gasteiger partial charge in [0.2, 0.25) is 0 Å². The fourth-order valence-electron chi connectivity index (χ4n) is 1.99. The lowest BCUT2D eigenvalue weighted by Crippen LogP contribution is -2.13. The molecular formula is C17H20ClNO2. The first-order chi connectivity index (χ1) is 10.2. The summed E-state index contributed by atoms with van der Waals surface area (Å²) in [5.41, 5.74) is 2.14. The lowest BCUT2D eigenvalue weighted by Gasteiger charge is -2.13. The summed E-state index contributed by atoms with van der Waals surface area (Å²) in [6.07, 6.45) is 0. The molecule has 0 aliphatic carbocycles. The van der Waals surface area contributed by atoms with Crippen molar-refractivity contribution >= 4 is 11.6 Å². The number of methoxy groups -OCH3 is 1. The lowest BCUT2D eigenvalue weighted by atomic mass is 10.2. The summed E-state index contributed by atoms with van der Waals surface area (Å²) in [6, 6.07) is 13.6. The molecule has 0 fully saturated rings. The number of hydrogen-bond acceptors (Lipinski definition) is 3. The van der Waals surface area contributed by atoms with E-state index in [0.717, 1.165) is 35.7 Å². The van der Waals surface area contributed by atoms with Gasteiger partial charge in [0.15, 0.2) is 0 Å². The second-order valence-electron chi connectivity index (χ2n) is 4.65. The molecule has 4 heteroatoms. The van der Waals surface area contributed by atoms with E-state index in [1.54, 1.807) is 7.11 Å². The highest BCUT2D eigenvalue weighted by Crippen LogP contribution is 2.29. The fourth-order valence-corrected chi connectivity index (χ4v) is 2.24. The first-order valence-electron chi connectivity index (χ1n) is 6.98. The van der Waals surface area contributed by atoms with Gasteiger partial charge < -0.3 is 14.8 Å². The standard InChI is InChI=1S/C17H20ClNO2/c1-3-19-11-14-5-4-6-16(18)17(14)21-12-13-7-9-15(20-2)10-8-13/h4-10,19H,3,11-12H2,1-2H3. The van der Waals surface area contributed by atoms with Gasteiger partial charge in [0.1, 0.15) is 18.1 Å². The third-order valence-corrected chi connectivity index (χ3v) is 3.45. The Morgan fingerprint density at radius 3 is 2.52 bits per heavy atom. The molecule has 0 amide bonds. The van der Waals surface area contributed by atoms with E-state index < -0.39 is 0 Å². The van der Waals surface area contributed by atoms with E-state index in [2.05, 4.69) is 12.2 Å². The maximum atomic E-state index is 6.25. The lowest BCUT2D eigenvalue weighted by molar-refractivity contribution is 0.302. The summed E-state index contributed by atoms with van der Waals surface area (Å²) in [5, 5.41) is 3.93. The molecule has 0 atom stereocenters. The SMILES string of the molecule is CCNCc1cccc(Cl)c1OCc1ccc(OC)cc1. The summed E-state index contributed by atoms with van der Waals surface area (Å²) >= 11 is 6.25. The third kappa shape index (κ3) is 4.38. The Bertz CT molecular complexity index is 570. The Balaban J connectivity index is 2.07. The van der Waals surface area contributed by atoms with Crippen LogP contribution in [0.1, 0.15) is 18.1 Å². The highest BCUT2D eigenvalue weighted by atomic mass is 35.5. The van der Waals surface area contributed by atoms with Crippen LogP contribution in [0.5, 0.6) is 11.5 Å². The maximum Gasteiger partial charge on any atom is 0.142 e. The van der Waals surface area contributed by atoms with Crippen LogP contribution < -0.4 is 14.8 Å². The molecule has 0 heterocycles. The van der Waals surface area contributed by atoms with Gasteiger partial charge in [0, 0.05) is 12.1 Å². The second kappa shape index (κ2) is 7.91. The van der Waals surface area contributed by atoms with Crippen molar-refractivity contribution in [2.75, 3.05) is 13.7 Å². The summed E-state index contributed by atoms with van der Waals surface area (Å²) in [6.45, 7) is 4.20. The quantitative estimate of drug-likeness (QED) is 0.837. The van der Waals surface area contributed by atoms with Gasteiger partial charge in [-0.05, 0) is 30.3 Å². The van der Waals surface area contributed by atoms with Crippen LogP contribution in [-0.2, 0) is 13.2 Å². The van der Waals surface area contributed by atoms with E-state index in [0.29, 0.717) is 11.6 Å². The number of halogens is 1. The summed E-state index contributed by atoms with van der Waals surface area (Å²) in [5.74, 6) is 1.58. The molecular weight excluding hydrogens is 286 g/mol. The van der Waals surface area contributed by atoms with E-state index in [-0.39, 0.29) is 0 Å². The van der Waals surface area contributed by atoms with E-state index >= 15 is 0 Å². The van der Waals surface area contributed by atoms with Crippen LogP contribution in [-0.4, -0.2) is 13.7 Å². The van der Waals surface area contributed by atoms with Crippen LogP contribution >= 0.6 is 11.6 Å². The second-order valence-corrected chi connectivity index (χ2v) is 5.05. The van der Waals surface area contributed by atoms with Crippen molar-refractivity contribution in [1.29, 1.82) is 0 Å². The van der Waals surface area contributed by atoms with Gasteiger partial charge in [-0.2, -0.15) is 0 Å². The molecule has 0 aliphatic heterocycles. The minimum Gasteiger partial charge on any atom is -0.497 e.